The molecule has 2 amide bonds. The van der Waals surface area contributed by atoms with Crippen LogP contribution in [-0.2, 0) is 9.59 Å². The number of hydrogen-bond acceptors (Lipinski definition) is 4. The smallest absolute Gasteiger partial charge is 0.239 e. The quantitative estimate of drug-likeness (QED) is 0.807. The predicted molar refractivity (Wildman–Crippen MR) is 89.1 cm³/mol. The summed E-state index contributed by atoms with van der Waals surface area (Å²) >= 11 is 3.37. The van der Waals surface area contributed by atoms with Crippen LogP contribution in [0.2, 0.25) is 0 Å². The van der Waals surface area contributed by atoms with Crippen molar-refractivity contribution in [2.24, 2.45) is 5.92 Å². The molecule has 0 unspecified atom stereocenters. The van der Waals surface area contributed by atoms with Gasteiger partial charge in [-0.1, -0.05) is 22.0 Å². The molecule has 3 rings (SSSR count). The zero-order chi connectivity index (χ0) is 16.4. The fraction of sp³-hybridized carbons (Fsp3) is 0.188. The van der Waals surface area contributed by atoms with Crippen molar-refractivity contribution >= 4 is 39.2 Å². The van der Waals surface area contributed by atoms with Crippen molar-refractivity contribution in [1.29, 1.82) is 0 Å². The van der Waals surface area contributed by atoms with Crippen LogP contribution in [0.4, 0.5) is 11.5 Å². The molecule has 6 nitrogen and oxygen atoms in total. The van der Waals surface area contributed by atoms with Gasteiger partial charge < -0.3 is 15.3 Å². The van der Waals surface area contributed by atoms with Gasteiger partial charge in [0.15, 0.2) is 11.6 Å². The lowest BCUT2D eigenvalue weighted by Gasteiger charge is -2.17. The van der Waals surface area contributed by atoms with Gasteiger partial charge in [-0.3, -0.25) is 9.59 Å². The number of nitrogens with zero attached hydrogens (tertiary/aromatic N) is 2. The standard InChI is InChI=1S/C16H14BrN3O3/c17-10-3-1-4-11(9-10)20-8-6-12(16(20)23)15(22)19-14-13(21)5-2-7-18-14/h1-5,7,9,12,21H,6,8H2,(H,18,19,22)/t12-/m1/s1. The average molecular weight is 376 g/mol. The third-order valence-electron chi connectivity index (χ3n) is 3.67. The molecule has 1 fully saturated rings. The first-order valence-corrected chi connectivity index (χ1v) is 7.87. The number of aromatic hydroxyl groups is 1. The molecule has 0 bridgehead atoms. The minimum absolute atomic E-state index is 0.0613. The van der Waals surface area contributed by atoms with Crippen molar-refractivity contribution in [3.05, 3.63) is 47.1 Å². The van der Waals surface area contributed by atoms with Crippen molar-refractivity contribution in [3.63, 3.8) is 0 Å². The maximum absolute atomic E-state index is 12.5. The van der Waals surface area contributed by atoms with E-state index in [2.05, 4.69) is 26.2 Å². The number of aromatic nitrogens is 1. The fourth-order valence-corrected chi connectivity index (χ4v) is 2.91. The van der Waals surface area contributed by atoms with Gasteiger partial charge in [0.05, 0.1) is 0 Å². The Morgan fingerprint density at radius 2 is 2.17 bits per heavy atom. The molecule has 1 aromatic heterocycles. The lowest BCUT2D eigenvalue weighted by atomic mass is 10.1. The van der Waals surface area contributed by atoms with Gasteiger partial charge in [0.25, 0.3) is 0 Å². The minimum atomic E-state index is -0.782. The minimum Gasteiger partial charge on any atom is -0.504 e. The Bertz CT molecular complexity index is 766. The molecule has 23 heavy (non-hydrogen) atoms. The lowest BCUT2D eigenvalue weighted by molar-refractivity contribution is -0.129. The Hall–Kier alpha value is -2.41. The molecular formula is C16H14BrN3O3. The van der Waals surface area contributed by atoms with E-state index in [0.29, 0.717) is 13.0 Å². The maximum Gasteiger partial charge on any atom is 0.239 e. The predicted octanol–water partition coefficient (Wildman–Crippen LogP) is 2.54. The molecule has 0 spiro atoms. The Morgan fingerprint density at radius 3 is 2.91 bits per heavy atom. The molecule has 1 aromatic carbocycles. The molecule has 2 aromatic rings. The molecule has 1 aliphatic rings. The maximum atomic E-state index is 12.5. The zero-order valence-electron chi connectivity index (χ0n) is 12.1. The summed E-state index contributed by atoms with van der Waals surface area (Å²) in [7, 11) is 0. The molecule has 1 atom stereocenters. The van der Waals surface area contributed by atoms with E-state index in [9.17, 15) is 14.7 Å². The summed E-state index contributed by atoms with van der Waals surface area (Å²) in [5, 5.41) is 12.2. The Balaban J connectivity index is 1.74. The van der Waals surface area contributed by atoms with Crippen molar-refractivity contribution < 1.29 is 14.7 Å². The number of anilines is 2. The number of hydrogen-bond donors (Lipinski definition) is 2. The van der Waals surface area contributed by atoms with E-state index in [1.54, 1.807) is 11.0 Å². The number of pyridine rings is 1. The van der Waals surface area contributed by atoms with Crippen molar-refractivity contribution in [1.82, 2.24) is 4.98 Å². The summed E-state index contributed by atoms with van der Waals surface area (Å²) < 4.78 is 0.870. The number of carbonyl (C=O) groups excluding carboxylic acids is 2. The molecule has 2 N–H and O–H groups in total. The van der Waals surface area contributed by atoms with Crippen LogP contribution in [0, 0.1) is 5.92 Å². The van der Waals surface area contributed by atoms with Crippen LogP contribution in [0.5, 0.6) is 5.75 Å². The van der Waals surface area contributed by atoms with E-state index in [0.717, 1.165) is 10.2 Å². The zero-order valence-corrected chi connectivity index (χ0v) is 13.7. The molecule has 7 heteroatoms. The summed E-state index contributed by atoms with van der Waals surface area (Å²) in [6.45, 7) is 0.474. The van der Waals surface area contributed by atoms with Gasteiger partial charge in [-0.15, -0.1) is 0 Å². The van der Waals surface area contributed by atoms with Crippen LogP contribution in [0.15, 0.2) is 47.1 Å². The Labute approximate surface area is 141 Å². The molecule has 1 aliphatic heterocycles. The number of amides is 2. The van der Waals surface area contributed by atoms with E-state index < -0.39 is 11.8 Å². The molecule has 2 heterocycles. The Morgan fingerprint density at radius 1 is 1.35 bits per heavy atom. The first kappa shape index (κ1) is 15.5. The third-order valence-corrected chi connectivity index (χ3v) is 4.16. The van der Waals surface area contributed by atoms with Gasteiger partial charge in [0, 0.05) is 22.9 Å². The first-order valence-electron chi connectivity index (χ1n) is 7.08. The van der Waals surface area contributed by atoms with Gasteiger partial charge in [-0.2, -0.15) is 0 Å². The normalized spacial score (nSPS) is 17.3. The highest BCUT2D eigenvalue weighted by atomic mass is 79.9. The molecular weight excluding hydrogens is 362 g/mol. The average Bonchev–Trinajstić information content (AvgIpc) is 2.91. The van der Waals surface area contributed by atoms with Gasteiger partial charge >= 0.3 is 0 Å². The Kier molecular flexibility index (Phi) is 4.29. The van der Waals surface area contributed by atoms with Gasteiger partial charge in [0.1, 0.15) is 5.92 Å². The van der Waals surface area contributed by atoms with Gasteiger partial charge in [-0.25, -0.2) is 4.98 Å². The summed E-state index contributed by atoms with van der Waals surface area (Å²) in [6.07, 6.45) is 1.88. The lowest BCUT2D eigenvalue weighted by Crippen LogP contribution is -2.33. The SMILES string of the molecule is O=C(Nc1ncccc1O)[C@H]1CCN(c2cccc(Br)c2)C1=O. The van der Waals surface area contributed by atoms with Crippen molar-refractivity contribution in [3.8, 4) is 5.75 Å². The third kappa shape index (κ3) is 3.19. The highest BCUT2D eigenvalue weighted by molar-refractivity contribution is 9.10. The highest BCUT2D eigenvalue weighted by Gasteiger charge is 2.38. The second-order valence-corrected chi connectivity index (χ2v) is 6.09. The van der Waals surface area contributed by atoms with E-state index in [1.165, 1.54) is 12.3 Å². The van der Waals surface area contributed by atoms with Gasteiger partial charge in [-0.05, 0) is 36.8 Å². The first-order chi connectivity index (χ1) is 11.1. The molecule has 0 saturated carbocycles. The number of rotatable bonds is 3. The molecule has 0 radical (unpaired) electrons. The number of benzene rings is 1. The van der Waals surface area contributed by atoms with Crippen LogP contribution in [0.3, 0.4) is 0 Å². The number of halogens is 1. The molecule has 118 valence electrons. The van der Waals surface area contributed by atoms with Gasteiger partial charge in [0.2, 0.25) is 11.8 Å². The topological polar surface area (TPSA) is 82.5 Å². The number of carbonyl (C=O) groups is 2. The van der Waals surface area contributed by atoms with E-state index >= 15 is 0 Å². The monoisotopic (exact) mass is 375 g/mol. The van der Waals surface area contributed by atoms with Crippen LogP contribution in [0.25, 0.3) is 0 Å². The van der Waals surface area contributed by atoms with Crippen LogP contribution in [0.1, 0.15) is 6.42 Å². The summed E-state index contributed by atoms with van der Waals surface area (Å²) in [4.78, 5) is 30.3. The van der Waals surface area contributed by atoms with E-state index in [4.69, 9.17) is 0 Å². The van der Waals surface area contributed by atoms with Crippen LogP contribution < -0.4 is 10.2 Å². The van der Waals surface area contributed by atoms with Crippen molar-refractivity contribution in [2.75, 3.05) is 16.8 Å². The molecule has 0 aliphatic carbocycles. The summed E-state index contributed by atoms with van der Waals surface area (Å²) in [5.41, 5.74) is 0.750. The summed E-state index contributed by atoms with van der Waals surface area (Å²) in [6, 6.07) is 10.4. The summed E-state index contributed by atoms with van der Waals surface area (Å²) in [5.74, 6) is -1.56. The van der Waals surface area contributed by atoms with Crippen molar-refractivity contribution in [2.45, 2.75) is 6.42 Å². The van der Waals surface area contributed by atoms with E-state index in [1.807, 2.05) is 24.3 Å². The molecule has 1 saturated heterocycles. The number of nitrogens with one attached hydrogen (secondary N) is 1. The second kappa shape index (κ2) is 6.37. The largest absolute Gasteiger partial charge is 0.504 e. The van der Waals surface area contributed by atoms with Crippen LogP contribution in [-0.4, -0.2) is 28.4 Å². The highest BCUT2D eigenvalue weighted by Crippen LogP contribution is 2.28. The second-order valence-electron chi connectivity index (χ2n) is 5.17. The van der Waals surface area contributed by atoms with E-state index in [-0.39, 0.29) is 17.5 Å². The van der Waals surface area contributed by atoms with Crippen LogP contribution >= 0.6 is 15.9 Å². The fourth-order valence-electron chi connectivity index (χ4n) is 2.52.